The number of carbonyl (C=O) groups is 1. The highest BCUT2D eigenvalue weighted by atomic mass is 35.5. The Kier molecular flexibility index (Phi) is 6.11. The average molecular weight is 320 g/mol. The fraction of sp³-hybridized carbons (Fsp3) is 0.500. The van der Waals surface area contributed by atoms with Gasteiger partial charge in [0.1, 0.15) is 5.75 Å². The number of carbonyl (C=O) groups excluding carboxylic acids is 1. The molecule has 1 amide bonds. The molecule has 4 nitrogen and oxygen atoms in total. The average Bonchev–Trinajstić information content (AvgIpc) is 2.31. The lowest BCUT2D eigenvalue weighted by molar-refractivity contribution is -0.133. The number of aliphatic hydroxyl groups is 1. The summed E-state index contributed by atoms with van der Waals surface area (Å²) < 4.78 is 5.44. The zero-order valence-corrected chi connectivity index (χ0v) is 13.3. The molecule has 0 radical (unpaired) electrons. The molecule has 0 unspecified atom stereocenters. The summed E-state index contributed by atoms with van der Waals surface area (Å²) in [5, 5.41) is 10.5. The van der Waals surface area contributed by atoms with Gasteiger partial charge in [0.25, 0.3) is 0 Å². The largest absolute Gasteiger partial charge is 0.493 e. The molecule has 0 spiro atoms. The summed E-state index contributed by atoms with van der Waals surface area (Å²) in [6.45, 7) is 3.83. The minimum absolute atomic E-state index is 0.0906. The number of ether oxygens (including phenoxy) is 1. The molecule has 6 heteroatoms. The van der Waals surface area contributed by atoms with Gasteiger partial charge in [-0.3, -0.25) is 4.79 Å². The van der Waals surface area contributed by atoms with Crippen molar-refractivity contribution >= 4 is 29.1 Å². The van der Waals surface area contributed by atoms with Crippen LogP contribution in [0.2, 0.25) is 10.0 Å². The predicted molar refractivity (Wildman–Crippen MR) is 80.5 cm³/mol. The molecule has 1 rings (SSSR count). The van der Waals surface area contributed by atoms with Crippen molar-refractivity contribution in [2.45, 2.75) is 25.9 Å². The second-order valence-corrected chi connectivity index (χ2v) is 6.05. The van der Waals surface area contributed by atoms with Crippen molar-refractivity contribution in [3.63, 3.8) is 0 Å². The number of amides is 1. The fourth-order valence-corrected chi connectivity index (χ4v) is 1.97. The molecule has 0 aliphatic rings. The second kappa shape index (κ2) is 7.16. The highest BCUT2D eigenvalue weighted by Crippen LogP contribution is 2.26. The molecule has 1 N–H and O–H groups in total. The van der Waals surface area contributed by atoms with Crippen LogP contribution in [0, 0.1) is 0 Å². The molecule has 20 heavy (non-hydrogen) atoms. The fourth-order valence-electron chi connectivity index (χ4n) is 1.68. The van der Waals surface area contributed by atoms with Gasteiger partial charge in [0.05, 0.1) is 28.7 Å². The Morgan fingerprint density at radius 1 is 1.35 bits per heavy atom. The van der Waals surface area contributed by atoms with Crippen molar-refractivity contribution in [1.82, 2.24) is 4.90 Å². The summed E-state index contributed by atoms with van der Waals surface area (Å²) in [4.78, 5) is 13.3. The molecule has 112 valence electrons. The van der Waals surface area contributed by atoms with Crippen LogP contribution in [0.3, 0.4) is 0 Å². The molecule has 0 heterocycles. The lowest BCUT2D eigenvalue weighted by Crippen LogP contribution is -2.40. The van der Waals surface area contributed by atoms with Gasteiger partial charge in [-0.05, 0) is 26.0 Å². The normalized spacial score (nSPS) is 11.3. The third-order valence-corrected chi connectivity index (χ3v) is 3.26. The Hall–Kier alpha value is -0.970. The van der Waals surface area contributed by atoms with Crippen LogP contribution in [0.25, 0.3) is 0 Å². The number of likely N-dealkylation sites (N-methyl/N-ethyl adjacent to an activating group) is 1. The number of halogens is 2. The van der Waals surface area contributed by atoms with E-state index in [1.54, 1.807) is 39.1 Å². The molecule has 0 aliphatic carbocycles. The number of hydrogen-bond acceptors (Lipinski definition) is 3. The molecular formula is C14H19Cl2NO3. The molecule has 0 bridgehead atoms. The Labute approximate surface area is 129 Å². The molecule has 0 saturated heterocycles. The molecular weight excluding hydrogens is 301 g/mol. The monoisotopic (exact) mass is 319 g/mol. The van der Waals surface area contributed by atoms with Gasteiger partial charge in [-0.15, -0.1) is 0 Å². The molecule has 1 aromatic rings. The maximum Gasteiger partial charge on any atom is 0.225 e. The van der Waals surface area contributed by atoms with Gasteiger partial charge in [-0.25, -0.2) is 0 Å². The zero-order valence-electron chi connectivity index (χ0n) is 11.8. The molecule has 0 aromatic heterocycles. The van der Waals surface area contributed by atoms with E-state index in [1.807, 2.05) is 0 Å². The summed E-state index contributed by atoms with van der Waals surface area (Å²) in [5.41, 5.74) is -0.908. The Morgan fingerprint density at radius 2 is 2.00 bits per heavy atom. The molecule has 1 aromatic carbocycles. The lowest BCUT2D eigenvalue weighted by Gasteiger charge is -2.25. The van der Waals surface area contributed by atoms with E-state index in [2.05, 4.69) is 0 Å². The Morgan fingerprint density at radius 3 is 2.55 bits per heavy atom. The van der Waals surface area contributed by atoms with Crippen LogP contribution in [0.1, 0.15) is 20.3 Å². The van der Waals surface area contributed by atoms with E-state index in [1.165, 1.54) is 4.90 Å². The summed E-state index contributed by atoms with van der Waals surface area (Å²) in [6, 6.07) is 4.94. The predicted octanol–water partition coefficient (Wildman–Crippen LogP) is 2.99. The van der Waals surface area contributed by atoms with E-state index >= 15 is 0 Å². The first-order valence-electron chi connectivity index (χ1n) is 6.23. The standard InChI is InChI=1S/C14H19Cl2NO3/c1-14(2,19)9-17(3)13(18)6-7-20-10-4-5-11(15)12(16)8-10/h4-5,8,19H,6-7,9H2,1-3H3. The first-order chi connectivity index (χ1) is 9.19. The highest BCUT2D eigenvalue weighted by molar-refractivity contribution is 6.42. The van der Waals surface area contributed by atoms with Crippen molar-refractivity contribution < 1.29 is 14.6 Å². The molecule has 0 atom stereocenters. The van der Waals surface area contributed by atoms with Gasteiger partial charge in [-0.1, -0.05) is 23.2 Å². The Bertz CT molecular complexity index is 472. The lowest BCUT2D eigenvalue weighted by atomic mass is 10.1. The van der Waals surface area contributed by atoms with Crippen LogP contribution < -0.4 is 4.74 Å². The van der Waals surface area contributed by atoms with Crippen molar-refractivity contribution in [2.75, 3.05) is 20.2 Å². The van der Waals surface area contributed by atoms with Crippen molar-refractivity contribution in [3.05, 3.63) is 28.2 Å². The third-order valence-electron chi connectivity index (χ3n) is 2.53. The molecule has 0 fully saturated rings. The van der Waals surface area contributed by atoms with Crippen LogP contribution in [-0.2, 0) is 4.79 Å². The Balaban J connectivity index is 2.40. The van der Waals surface area contributed by atoms with Crippen molar-refractivity contribution in [1.29, 1.82) is 0 Å². The number of rotatable bonds is 6. The molecule has 0 aliphatic heterocycles. The van der Waals surface area contributed by atoms with E-state index in [9.17, 15) is 9.90 Å². The minimum atomic E-state index is -0.908. The smallest absolute Gasteiger partial charge is 0.225 e. The topological polar surface area (TPSA) is 49.8 Å². The maximum atomic E-state index is 11.8. The van der Waals surface area contributed by atoms with Crippen LogP contribution in [0.15, 0.2) is 18.2 Å². The van der Waals surface area contributed by atoms with Gasteiger partial charge in [0, 0.05) is 19.7 Å². The van der Waals surface area contributed by atoms with E-state index in [-0.39, 0.29) is 25.5 Å². The van der Waals surface area contributed by atoms with Crippen molar-refractivity contribution in [2.24, 2.45) is 0 Å². The number of hydrogen-bond donors (Lipinski definition) is 1. The van der Waals surface area contributed by atoms with Gasteiger partial charge in [0.15, 0.2) is 0 Å². The van der Waals surface area contributed by atoms with E-state index in [4.69, 9.17) is 27.9 Å². The maximum absolute atomic E-state index is 11.8. The molecule has 0 saturated carbocycles. The van der Waals surface area contributed by atoms with E-state index < -0.39 is 5.60 Å². The van der Waals surface area contributed by atoms with Crippen LogP contribution in [-0.4, -0.2) is 41.7 Å². The summed E-state index contributed by atoms with van der Waals surface area (Å²) in [7, 11) is 1.65. The van der Waals surface area contributed by atoms with Gasteiger partial charge in [-0.2, -0.15) is 0 Å². The van der Waals surface area contributed by atoms with Crippen molar-refractivity contribution in [3.8, 4) is 5.75 Å². The highest BCUT2D eigenvalue weighted by Gasteiger charge is 2.19. The van der Waals surface area contributed by atoms with Gasteiger partial charge >= 0.3 is 0 Å². The summed E-state index contributed by atoms with van der Waals surface area (Å²) in [5.74, 6) is 0.476. The summed E-state index contributed by atoms with van der Waals surface area (Å²) >= 11 is 11.7. The van der Waals surface area contributed by atoms with Gasteiger partial charge < -0.3 is 14.7 Å². The SMILES string of the molecule is CN(CC(C)(C)O)C(=O)CCOc1ccc(Cl)c(Cl)c1. The van der Waals surface area contributed by atoms with Gasteiger partial charge in [0.2, 0.25) is 5.91 Å². The zero-order chi connectivity index (χ0) is 15.3. The number of benzene rings is 1. The van der Waals surface area contributed by atoms with Crippen LogP contribution >= 0.6 is 23.2 Å². The van der Waals surface area contributed by atoms with Crippen LogP contribution in [0.5, 0.6) is 5.75 Å². The minimum Gasteiger partial charge on any atom is -0.493 e. The van der Waals surface area contributed by atoms with Crippen LogP contribution in [0.4, 0.5) is 0 Å². The number of nitrogens with zero attached hydrogens (tertiary/aromatic N) is 1. The van der Waals surface area contributed by atoms with E-state index in [0.717, 1.165) is 0 Å². The first-order valence-corrected chi connectivity index (χ1v) is 6.99. The quantitative estimate of drug-likeness (QED) is 0.877. The second-order valence-electron chi connectivity index (χ2n) is 5.24. The van der Waals surface area contributed by atoms with E-state index in [0.29, 0.717) is 15.8 Å². The third kappa shape index (κ3) is 5.99. The summed E-state index contributed by atoms with van der Waals surface area (Å²) in [6.07, 6.45) is 0.229. The first kappa shape index (κ1) is 17.1.